The van der Waals surface area contributed by atoms with Crippen molar-refractivity contribution in [1.82, 2.24) is 19.7 Å². The van der Waals surface area contributed by atoms with Crippen LogP contribution < -0.4 is 4.74 Å². The van der Waals surface area contributed by atoms with Crippen molar-refractivity contribution in [2.45, 2.75) is 12.8 Å². The minimum Gasteiger partial charge on any atom is -0.497 e. The average molecular weight is 314 g/mol. The summed E-state index contributed by atoms with van der Waals surface area (Å²) < 4.78 is 12.3. The van der Waals surface area contributed by atoms with Gasteiger partial charge in [-0.1, -0.05) is 0 Å². The summed E-state index contributed by atoms with van der Waals surface area (Å²) in [5.41, 5.74) is 1.86. The molecule has 0 unspecified atom stereocenters. The lowest BCUT2D eigenvalue weighted by molar-refractivity contribution is -0.142. The highest BCUT2D eigenvalue weighted by Crippen LogP contribution is 2.24. The van der Waals surface area contributed by atoms with E-state index in [1.54, 1.807) is 18.0 Å². The third kappa shape index (κ3) is 3.33. The van der Waals surface area contributed by atoms with Crippen molar-refractivity contribution in [1.29, 1.82) is 0 Å². The first-order valence-corrected chi connectivity index (χ1v) is 7.30. The van der Waals surface area contributed by atoms with Crippen molar-refractivity contribution < 1.29 is 14.3 Å². The molecular formula is C16H18N4O3. The van der Waals surface area contributed by atoms with Crippen LogP contribution in [0.5, 0.6) is 5.75 Å². The lowest BCUT2D eigenvalue weighted by atomic mass is 10.1. The number of rotatable bonds is 6. The van der Waals surface area contributed by atoms with Crippen LogP contribution in [0.2, 0.25) is 0 Å². The minimum absolute atomic E-state index is 0.214. The molecule has 0 amide bonds. The molecule has 0 radical (unpaired) electrons. The van der Waals surface area contributed by atoms with Crippen molar-refractivity contribution in [2.24, 2.45) is 7.05 Å². The van der Waals surface area contributed by atoms with Gasteiger partial charge < -0.3 is 19.0 Å². The van der Waals surface area contributed by atoms with Crippen LogP contribution in [-0.2, 0) is 29.4 Å². The molecule has 0 aliphatic carbocycles. The maximum absolute atomic E-state index is 12.0. The zero-order valence-corrected chi connectivity index (χ0v) is 13.1. The fourth-order valence-corrected chi connectivity index (χ4v) is 2.43. The number of esters is 1. The maximum Gasteiger partial charge on any atom is 0.310 e. The summed E-state index contributed by atoms with van der Waals surface area (Å²) in [6, 6.07) is 5.72. The second-order valence-electron chi connectivity index (χ2n) is 5.23. The van der Waals surface area contributed by atoms with Crippen LogP contribution in [0.25, 0.3) is 10.9 Å². The number of carbonyl (C=O) groups is 1. The monoisotopic (exact) mass is 314 g/mol. The topological polar surface area (TPSA) is 82.0 Å². The Labute approximate surface area is 133 Å². The van der Waals surface area contributed by atoms with Crippen LogP contribution in [0, 0.1) is 0 Å². The van der Waals surface area contributed by atoms with Gasteiger partial charge in [0.2, 0.25) is 0 Å². The molecule has 0 bridgehead atoms. The second-order valence-corrected chi connectivity index (χ2v) is 5.23. The third-order valence-corrected chi connectivity index (χ3v) is 3.70. The number of aromatic nitrogens is 4. The van der Waals surface area contributed by atoms with E-state index in [9.17, 15) is 4.79 Å². The number of fused-ring (bicyclic) bond motifs is 1. The molecule has 3 aromatic rings. The van der Waals surface area contributed by atoms with Gasteiger partial charge in [-0.2, -0.15) is 0 Å². The van der Waals surface area contributed by atoms with Crippen LogP contribution in [0.15, 0.2) is 30.7 Å². The molecule has 7 heteroatoms. The number of aryl methyl sites for hydroxylation is 1. The Hall–Kier alpha value is -2.83. The Bertz CT molecular complexity index is 822. The largest absolute Gasteiger partial charge is 0.497 e. The Kier molecular flexibility index (Phi) is 4.27. The van der Waals surface area contributed by atoms with Gasteiger partial charge in [-0.25, -0.2) is 0 Å². The number of benzene rings is 1. The quantitative estimate of drug-likeness (QED) is 0.699. The molecule has 2 heterocycles. The first-order valence-electron chi connectivity index (χ1n) is 7.30. The van der Waals surface area contributed by atoms with Gasteiger partial charge in [0.15, 0.2) is 0 Å². The zero-order valence-electron chi connectivity index (χ0n) is 13.1. The fourth-order valence-electron chi connectivity index (χ4n) is 2.43. The Balaban J connectivity index is 1.60. The van der Waals surface area contributed by atoms with E-state index in [1.165, 1.54) is 0 Å². The van der Waals surface area contributed by atoms with E-state index in [0.29, 0.717) is 6.42 Å². The number of aromatic amines is 1. The van der Waals surface area contributed by atoms with E-state index in [2.05, 4.69) is 15.2 Å². The van der Waals surface area contributed by atoms with Crippen molar-refractivity contribution in [3.8, 4) is 5.75 Å². The summed E-state index contributed by atoms with van der Waals surface area (Å²) in [5, 5.41) is 8.71. The molecule has 2 aromatic heterocycles. The van der Waals surface area contributed by atoms with Crippen molar-refractivity contribution in [3.63, 3.8) is 0 Å². The number of hydrogen-bond acceptors (Lipinski definition) is 5. The van der Waals surface area contributed by atoms with E-state index >= 15 is 0 Å². The van der Waals surface area contributed by atoms with Crippen LogP contribution >= 0.6 is 0 Å². The number of ether oxygens (including phenoxy) is 2. The highest BCUT2D eigenvalue weighted by atomic mass is 16.5. The number of carbonyl (C=O) groups excluding carboxylic acids is 1. The standard InChI is InChI=1S/C16H18N4O3/c1-20-10-18-19-15(20)5-6-23-16(21)7-11-9-17-14-4-3-12(22-2)8-13(11)14/h3-4,8-10,17H,5-7H2,1-2H3. The molecule has 23 heavy (non-hydrogen) atoms. The molecule has 0 atom stereocenters. The maximum atomic E-state index is 12.0. The molecule has 0 saturated heterocycles. The molecule has 0 aliphatic rings. The predicted octanol–water partition coefficient (Wildman–Crippen LogP) is 1.63. The van der Waals surface area contributed by atoms with Gasteiger partial charge in [0, 0.05) is 30.6 Å². The fraction of sp³-hybridized carbons (Fsp3) is 0.312. The molecule has 1 N–H and O–H groups in total. The molecule has 7 nitrogen and oxygen atoms in total. The van der Waals surface area contributed by atoms with Crippen LogP contribution in [0.1, 0.15) is 11.4 Å². The zero-order chi connectivity index (χ0) is 16.2. The summed E-state index contributed by atoms with van der Waals surface area (Å²) in [5.74, 6) is 1.28. The Morgan fingerprint density at radius 1 is 1.39 bits per heavy atom. The second kappa shape index (κ2) is 6.51. The highest BCUT2D eigenvalue weighted by Gasteiger charge is 2.11. The molecule has 1 aromatic carbocycles. The third-order valence-electron chi connectivity index (χ3n) is 3.70. The van der Waals surface area contributed by atoms with E-state index < -0.39 is 0 Å². The summed E-state index contributed by atoms with van der Waals surface area (Å²) in [7, 11) is 3.48. The smallest absolute Gasteiger partial charge is 0.310 e. The van der Waals surface area contributed by atoms with E-state index in [0.717, 1.165) is 28.0 Å². The number of H-pyrrole nitrogens is 1. The molecule has 0 saturated carbocycles. The predicted molar refractivity (Wildman–Crippen MR) is 84.2 cm³/mol. The van der Waals surface area contributed by atoms with E-state index in [4.69, 9.17) is 9.47 Å². The van der Waals surface area contributed by atoms with Gasteiger partial charge >= 0.3 is 5.97 Å². The van der Waals surface area contributed by atoms with Gasteiger partial charge in [-0.15, -0.1) is 10.2 Å². The molecule has 0 fully saturated rings. The summed E-state index contributed by atoms with van der Waals surface area (Å²) in [4.78, 5) is 15.2. The van der Waals surface area contributed by atoms with Crippen molar-refractivity contribution >= 4 is 16.9 Å². The van der Waals surface area contributed by atoms with Crippen molar-refractivity contribution in [2.75, 3.05) is 13.7 Å². The first-order chi connectivity index (χ1) is 11.2. The molecule has 0 spiro atoms. The Morgan fingerprint density at radius 3 is 3.00 bits per heavy atom. The van der Waals surface area contributed by atoms with Crippen LogP contribution in [0.3, 0.4) is 0 Å². The molecule has 120 valence electrons. The lowest BCUT2D eigenvalue weighted by Crippen LogP contribution is -2.12. The molecular weight excluding hydrogens is 296 g/mol. The number of methoxy groups -OCH3 is 1. The normalized spacial score (nSPS) is 10.9. The van der Waals surface area contributed by atoms with Gasteiger partial charge in [-0.05, 0) is 23.8 Å². The minimum atomic E-state index is -0.268. The van der Waals surface area contributed by atoms with Crippen LogP contribution in [0.4, 0.5) is 0 Å². The lowest BCUT2D eigenvalue weighted by Gasteiger charge is -2.05. The van der Waals surface area contributed by atoms with E-state index in [1.807, 2.05) is 31.4 Å². The summed E-state index contributed by atoms with van der Waals surface area (Å²) >= 11 is 0. The van der Waals surface area contributed by atoms with Gasteiger partial charge in [0.25, 0.3) is 0 Å². The Morgan fingerprint density at radius 2 is 2.26 bits per heavy atom. The summed E-state index contributed by atoms with van der Waals surface area (Å²) in [6.45, 7) is 0.289. The summed E-state index contributed by atoms with van der Waals surface area (Å²) in [6.07, 6.45) is 4.21. The molecule has 3 rings (SSSR count). The number of hydrogen-bond donors (Lipinski definition) is 1. The van der Waals surface area contributed by atoms with E-state index in [-0.39, 0.29) is 19.0 Å². The SMILES string of the molecule is COc1ccc2[nH]cc(CC(=O)OCCc3nncn3C)c2c1. The van der Waals surface area contributed by atoms with Gasteiger partial charge in [0.05, 0.1) is 20.1 Å². The van der Waals surface area contributed by atoms with Crippen LogP contribution in [-0.4, -0.2) is 39.4 Å². The van der Waals surface area contributed by atoms with Gasteiger partial charge in [-0.3, -0.25) is 4.79 Å². The van der Waals surface area contributed by atoms with Gasteiger partial charge in [0.1, 0.15) is 17.9 Å². The number of nitrogens with one attached hydrogen (secondary N) is 1. The molecule has 0 aliphatic heterocycles. The number of nitrogens with zero attached hydrogens (tertiary/aromatic N) is 3. The van der Waals surface area contributed by atoms with Crippen molar-refractivity contribution in [3.05, 3.63) is 42.1 Å². The highest BCUT2D eigenvalue weighted by molar-refractivity contribution is 5.88. The first kappa shape index (κ1) is 15.1. The average Bonchev–Trinajstić information content (AvgIpc) is 3.14.